The largest absolute Gasteiger partial charge is 0.479 e. The number of hydrogen-bond acceptors (Lipinski definition) is 3. The molecule has 98 valence electrons. The first-order chi connectivity index (χ1) is 8.54. The number of benzene rings is 1. The van der Waals surface area contributed by atoms with Crippen molar-refractivity contribution < 1.29 is 9.53 Å². The lowest BCUT2D eigenvalue weighted by atomic mass is 9.97. The van der Waals surface area contributed by atoms with Gasteiger partial charge in [-0.25, -0.2) is 0 Å². The maximum absolute atomic E-state index is 11.8. The minimum atomic E-state index is -0.414. The minimum absolute atomic E-state index is 0.00902. The van der Waals surface area contributed by atoms with Crippen LogP contribution in [0.5, 0.6) is 5.75 Å². The highest BCUT2D eigenvalue weighted by molar-refractivity contribution is 5.99. The number of likely N-dealkylation sites (N-methyl/N-ethyl adjacent to an activating group) is 1. The van der Waals surface area contributed by atoms with Crippen LogP contribution in [0.25, 0.3) is 0 Å². The summed E-state index contributed by atoms with van der Waals surface area (Å²) in [5, 5.41) is 0. The Morgan fingerprint density at radius 2 is 2.22 bits per heavy atom. The van der Waals surface area contributed by atoms with E-state index in [4.69, 9.17) is 10.5 Å². The van der Waals surface area contributed by atoms with Crippen LogP contribution in [0.2, 0.25) is 0 Å². The van der Waals surface area contributed by atoms with Crippen LogP contribution in [0.1, 0.15) is 31.7 Å². The van der Waals surface area contributed by atoms with E-state index in [2.05, 4.69) is 6.92 Å². The first-order valence-electron chi connectivity index (χ1n) is 6.32. The Balaban J connectivity index is 2.33. The van der Waals surface area contributed by atoms with Gasteiger partial charge in [0.2, 0.25) is 0 Å². The van der Waals surface area contributed by atoms with Crippen molar-refractivity contribution in [2.24, 2.45) is 5.73 Å². The van der Waals surface area contributed by atoms with Crippen molar-refractivity contribution in [2.45, 2.75) is 32.3 Å². The van der Waals surface area contributed by atoms with Crippen molar-refractivity contribution >= 4 is 11.6 Å². The van der Waals surface area contributed by atoms with E-state index in [-0.39, 0.29) is 5.91 Å². The van der Waals surface area contributed by atoms with E-state index in [9.17, 15) is 4.79 Å². The molecule has 2 unspecified atom stereocenters. The van der Waals surface area contributed by atoms with Gasteiger partial charge < -0.3 is 15.4 Å². The van der Waals surface area contributed by atoms with E-state index in [1.54, 1.807) is 18.9 Å². The number of nitrogens with zero attached hydrogens (tertiary/aromatic N) is 1. The molecule has 0 bridgehead atoms. The molecule has 2 atom stereocenters. The lowest BCUT2D eigenvalue weighted by Crippen LogP contribution is -2.41. The van der Waals surface area contributed by atoms with Crippen molar-refractivity contribution in [1.82, 2.24) is 0 Å². The molecule has 0 aromatic heterocycles. The van der Waals surface area contributed by atoms with Gasteiger partial charge in [0.05, 0.1) is 5.69 Å². The highest BCUT2D eigenvalue weighted by Crippen LogP contribution is 2.36. The monoisotopic (exact) mass is 248 g/mol. The Hall–Kier alpha value is -1.55. The molecule has 1 aromatic carbocycles. The number of carbonyl (C=O) groups excluding carboxylic acids is 1. The van der Waals surface area contributed by atoms with Crippen molar-refractivity contribution in [1.29, 1.82) is 0 Å². The van der Waals surface area contributed by atoms with Gasteiger partial charge in [-0.05, 0) is 43.5 Å². The highest BCUT2D eigenvalue weighted by Gasteiger charge is 2.29. The van der Waals surface area contributed by atoms with E-state index in [0.29, 0.717) is 12.5 Å². The Morgan fingerprint density at radius 3 is 2.89 bits per heavy atom. The van der Waals surface area contributed by atoms with Gasteiger partial charge in [0, 0.05) is 7.05 Å². The summed E-state index contributed by atoms with van der Waals surface area (Å²) in [4.78, 5) is 13.4. The summed E-state index contributed by atoms with van der Waals surface area (Å²) >= 11 is 0. The smallest absolute Gasteiger partial charge is 0.267 e. The Labute approximate surface area is 108 Å². The van der Waals surface area contributed by atoms with Crippen LogP contribution in [-0.4, -0.2) is 25.6 Å². The summed E-state index contributed by atoms with van der Waals surface area (Å²) in [5.41, 5.74) is 7.62. The third-order valence-electron chi connectivity index (χ3n) is 3.50. The maximum atomic E-state index is 11.8. The Morgan fingerprint density at radius 1 is 1.50 bits per heavy atom. The topological polar surface area (TPSA) is 55.6 Å². The quantitative estimate of drug-likeness (QED) is 0.888. The van der Waals surface area contributed by atoms with Gasteiger partial charge in [0.1, 0.15) is 5.75 Å². The maximum Gasteiger partial charge on any atom is 0.267 e. The second kappa shape index (κ2) is 4.98. The first kappa shape index (κ1) is 12.9. The minimum Gasteiger partial charge on any atom is -0.479 e. The summed E-state index contributed by atoms with van der Waals surface area (Å²) < 4.78 is 5.66. The lowest BCUT2D eigenvalue weighted by molar-refractivity contribution is -0.125. The van der Waals surface area contributed by atoms with Crippen molar-refractivity contribution in [2.75, 3.05) is 18.5 Å². The third kappa shape index (κ3) is 2.20. The second-order valence-electron chi connectivity index (χ2n) is 4.86. The number of rotatable bonds is 3. The van der Waals surface area contributed by atoms with Gasteiger partial charge >= 0.3 is 0 Å². The molecule has 1 amide bonds. The molecule has 0 fully saturated rings. The molecule has 0 saturated carbocycles. The zero-order valence-corrected chi connectivity index (χ0v) is 11.1. The molecular formula is C14H20N2O2. The fourth-order valence-electron chi connectivity index (χ4n) is 2.26. The number of fused-ring (bicyclic) bond motifs is 1. The molecular weight excluding hydrogens is 228 g/mol. The number of anilines is 1. The van der Waals surface area contributed by atoms with Crippen LogP contribution in [0.3, 0.4) is 0 Å². The summed E-state index contributed by atoms with van der Waals surface area (Å²) in [6.45, 7) is 4.60. The van der Waals surface area contributed by atoms with Crippen LogP contribution >= 0.6 is 0 Å². The van der Waals surface area contributed by atoms with E-state index in [1.165, 1.54) is 5.56 Å². The highest BCUT2D eigenvalue weighted by atomic mass is 16.5. The van der Waals surface area contributed by atoms with E-state index >= 15 is 0 Å². The van der Waals surface area contributed by atoms with E-state index in [0.717, 1.165) is 17.9 Å². The Bertz CT molecular complexity index is 459. The molecule has 4 heteroatoms. The SMILES string of the molecule is CC1Oc2cc(C(C)CCN)ccc2N(C)C1=O. The standard InChI is InChI=1S/C14H20N2O2/c1-9(6-7-15)11-4-5-12-13(8-11)18-10(2)14(17)16(12)3/h4-5,8-10H,6-7,15H2,1-3H3. The summed E-state index contributed by atoms with van der Waals surface area (Å²) in [6, 6.07) is 6.01. The molecule has 1 aromatic rings. The summed E-state index contributed by atoms with van der Waals surface area (Å²) in [7, 11) is 1.78. The van der Waals surface area contributed by atoms with Crippen LogP contribution in [0.4, 0.5) is 5.69 Å². The molecule has 1 aliphatic heterocycles. The molecule has 2 rings (SSSR count). The van der Waals surface area contributed by atoms with Crippen LogP contribution < -0.4 is 15.4 Å². The van der Waals surface area contributed by atoms with Gasteiger partial charge in [-0.3, -0.25) is 4.79 Å². The molecule has 1 heterocycles. The van der Waals surface area contributed by atoms with Gasteiger partial charge in [-0.2, -0.15) is 0 Å². The molecule has 1 aliphatic rings. The number of ether oxygens (including phenoxy) is 1. The number of nitrogens with two attached hydrogens (primary N) is 1. The number of amides is 1. The second-order valence-corrected chi connectivity index (χ2v) is 4.86. The van der Waals surface area contributed by atoms with Crippen LogP contribution in [0.15, 0.2) is 18.2 Å². The molecule has 0 spiro atoms. The van der Waals surface area contributed by atoms with Crippen LogP contribution in [-0.2, 0) is 4.79 Å². The lowest BCUT2D eigenvalue weighted by Gasteiger charge is -2.31. The zero-order chi connectivity index (χ0) is 13.3. The van der Waals surface area contributed by atoms with Crippen LogP contribution in [0, 0.1) is 0 Å². The molecule has 18 heavy (non-hydrogen) atoms. The van der Waals surface area contributed by atoms with Gasteiger partial charge in [0.15, 0.2) is 6.10 Å². The molecule has 0 radical (unpaired) electrons. The van der Waals surface area contributed by atoms with Gasteiger partial charge in [0.25, 0.3) is 5.91 Å². The summed E-state index contributed by atoms with van der Waals surface area (Å²) in [5.74, 6) is 1.18. The molecule has 4 nitrogen and oxygen atoms in total. The third-order valence-corrected chi connectivity index (χ3v) is 3.50. The first-order valence-corrected chi connectivity index (χ1v) is 6.32. The number of carbonyl (C=O) groups is 1. The average molecular weight is 248 g/mol. The fourth-order valence-corrected chi connectivity index (χ4v) is 2.26. The zero-order valence-electron chi connectivity index (χ0n) is 11.1. The van der Waals surface area contributed by atoms with Crippen molar-refractivity contribution in [3.63, 3.8) is 0 Å². The predicted molar refractivity (Wildman–Crippen MR) is 72.0 cm³/mol. The van der Waals surface area contributed by atoms with Gasteiger partial charge in [-0.1, -0.05) is 13.0 Å². The molecule has 0 saturated heterocycles. The number of hydrogen-bond donors (Lipinski definition) is 1. The van der Waals surface area contributed by atoms with Crippen molar-refractivity contribution in [3.8, 4) is 5.75 Å². The average Bonchev–Trinajstić information content (AvgIpc) is 2.36. The molecule has 2 N–H and O–H groups in total. The van der Waals surface area contributed by atoms with E-state index in [1.807, 2.05) is 18.2 Å². The Kier molecular flexibility index (Phi) is 3.57. The summed E-state index contributed by atoms with van der Waals surface area (Å²) in [6.07, 6.45) is 0.533. The fraction of sp³-hybridized carbons (Fsp3) is 0.500. The normalized spacial score (nSPS) is 20.3. The van der Waals surface area contributed by atoms with Crippen molar-refractivity contribution in [3.05, 3.63) is 23.8 Å². The van der Waals surface area contributed by atoms with Gasteiger partial charge in [-0.15, -0.1) is 0 Å². The molecule has 0 aliphatic carbocycles. The van der Waals surface area contributed by atoms with E-state index < -0.39 is 6.10 Å². The predicted octanol–water partition coefficient (Wildman–Crippen LogP) is 1.88.